The Morgan fingerprint density at radius 2 is 1.64 bits per heavy atom. The number of benzene rings is 3. The molecule has 1 N–H and O–H groups in total. The first-order valence-electron chi connectivity index (χ1n) is 11.9. The summed E-state index contributed by atoms with van der Waals surface area (Å²) in [5.74, 6) is 1.49. The molecule has 36 heavy (non-hydrogen) atoms. The molecular formula is C29H33ClN2O3S. The molecule has 0 aliphatic rings. The van der Waals surface area contributed by atoms with Crippen molar-refractivity contribution in [2.75, 3.05) is 12.9 Å². The summed E-state index contributed by atoms with van der Waals surface area (Å²) in [4.78, 5) is 28.7. The fourth-order valence-corrected chi connectivity index (χ4v) is 4.91. The highest BCUT2D eigenvalue weighted by molar-refractivity contribution is 7.99. The summed E-state index contributed by atoms with van der Waals surface area (Å²) in [5.41, 5.74) is 2.98. The Balaban J connectivity index is 1.82. The van der Waals surface area contributed by atoms with E-state index in [0.717, 1.165) is 22.4 Å². The first-order chi connectivity index (χ1) is 17.4. The zero-order valence-corrected chi connectivity index (χ0v) is 22.5. The molecule has 5 nitrogen and oxygen atoms in total. The summed E-state index contributed by atoms with van der Waals surface area (Å²) in [5, 5.41) is 3.61. The maximum Gasteiger partial charge on any atom is 0.243 e. The van der Waals surface area contributed by atoms with Crippen molar-refractivity contribution in [3.63, 3.8) is 0 Å². The zero-order chi connectivity index (χ0) is 25.9. The van der Waals surface area contributed by atoms with Gasteiger partial charge >= 0.3 is 0 Å². The van der Waals surface area contributed by atoms with Crippen LogP contribution in [0.1, 0.15) is 30.5 Å². The Labute approximate surface area is 223 Å². The van der Waals surface area contributed by atoms with E-state index in [2.05, 4.69) is 5.32 Å². The fourth-order valence-electron chi connectivity index (χ4n) is 3.83. The molecule has 0 aliphatic carbocycles. The van der Waals surface area contributed by atoms with Crippen molar-refractivity contribution >= 4 is 35.2 Å². The summed E-state index contributed by atoms with van der Waals surface area (Å²) in [6.45, 7) is 4.14. The number of nitrogens with zero attached hydrogens (tertiary/aromatic N) is 1. The molecule has 7 heteroatoms. The number of halogens is 1. The lowest BCUT2D eigenvalue weighted by atomic mass is 10.0. The lowest BCUT2D eigenvalue weighted by Gasteiger charge is -2.32. The third-order valence-corrected chi connectivity index (χ3v) is 6.82. The molecule has 3 rings (SSSR count). The average molecular weight is 525 g/mol. The number of hydrogen-bond acceptors (Lipinski definition) is 4. The molecule has 0 saturated heterocycles. The zero-order valence-electron chi connectivity index (χ0n) is 20.9. The van der Waals surface area contributed by atoms with Crippen molar-refractivity contribution in [1.29, 1.82) is 0 Å². The summed E-state index contributed by atoms with van der Waals surface area (Å²) in [6.07, 6.45) is 0.425. The summed E-state index contributed by atoms with van der Waals surface area (Å²) < 4.78 is 5.22. The van der Waals surface area contributed by atoms with Crippen LogP contribution in [0, 0.1) is 0 Å². The molecule has 0 bridgehead atoms. The molecule has 0 heterocycles. The number of ether oxygens (including phenoxy) is 1. The highest BCUT2D eigenvalue weighted by Gasteiger charge is 2.30. The normalized spacial score (nSPS) is 11.7. The predicted octanol–water partition coefficient (Wildman–Crippen LogP) is 5.75. The van der Waals surface area contributed by atoms with Gasteiger partial charge in [0.2, 0.25) is 11.8 Å². The molecular weight excluding hydrogens is 492 g/mol. The van der Waals surface area contributed by atoms with E-state index in [0.29, 0.717) is 23.7 Å². The summed E-state index contributed by atoms with van der Waals surface area (Å²) in [6, 6.07) is 24.3. The van der Waals surface area contributed by atoms with Gasteiger partial charge in [-0.05, 0) is 54.8 Å². The molecule has 3 aromatic rings. The van der Waals surface area contributed by atoms with Crippen molar-refractivity contribution in [3.8, 4) is 5.75 Å². The number of rotatable bonds is 12. The van der Waals surface area contributed by atoms with Gasteiger partial charge in [-0.15, -0.1) is 11.8 Å². The molecule has 1 atom stereocenters. The Morgan fingerprint density at radius 3 is 2.28 bits per heavy atom. The second-order valence-electron chi connectivity index (χ2n) is 8.86. The number of nitrogens with one attached hydrogen (secondary N) is 1. The van der Waals surface area contributed by atoms with Crippen LogP contribution in [-0.2, 0) is 28.3 Å². The van der Waals surface area contributed by atoms with Crippen LogP contribution in [0.3, 0.4) is 0 Å². The Morgan fingerprint density at radius 1 is 0.944 bits per heavy atom. The van der Waals surface area contributed by atoms with Crippen LogP contribution in [0.15, 0.2) is 78.9 Å². The number of carbonyl (C=O) groups is 2. The largest absolute Gasteiger partial charge is 0.497 e. The van der Waals surface area contributed by atoms with Crippen LogP contribution in [0.5, 0.6) is 5.75 Å². The van der Waals surface area contributed by atoms with Gasteiger partial charge in [-0.2, -0.15) is 0 Å². The lowest BCUT2D eigenvalue weighted by molar-refractivity contribution is -0.139. The van der Waals surface area contributed by atoms with Crippen LogP contribution in [0.4, 0.5) is 0 Å². The van der Waals surface area contributed by atoms with E-state index in [-0.39, 0.29) is 23.6 Å². The standard InChI is InChI=1S/C29H33ClN2O3S/c1-21(2)31-29(34)27(17-22-8-5-4-6-9-22)32(18-24-10-7-11-25(30)16-24)28(33)20-36-19-23-12-14-26(35-3)15-13-23/h4-16,21,27H,17-20H2,1-3H3,(H,31,34). The third-order valence-electron chi connectivity index (χ3n) is 5.60. The van der Waals surface area contributed by atoms with Gasteiger partial charge in [-0.25, -0.2) is 0 Å². The van der Waals surface area contributed by atoms with E-state index in [4.69, 9.17) is 16.3 Å². The maximum absolute atomic E-state index is 13.6. The van der Waals surface area contributed by atoms with E-state index in [1.54, 1.807) is 18.1 Å². The van der Waals surface area contributed by atoms with E-state index in [9.17, 15) is 9.59 Å². The van der Waals surface area contributed by atoms with Crippen LogP contribution in [0.25, 0.3) is 0 Å². The van der Waals surface area contributed by atoms with Crippen molar-refractivity contribution < 1.29 is 14.3 Å². The minimum Gasteiger partial charge on any atom is -0.497 e. The highest BCUT2D eigenvalue weighted by atomic mass is 35.5. The Kier molecular flexibility index (Phi) is 10.7. The second kappa shape index (κ2) is 14.0. The number of carbonyl (C=O) groups excluding carboxylic acids is 2. The van der Waals surface area contributed by atoms with Crippen LogP contribution >= 0.6 is 23.4 Å². The molecule has 0 radical (unpaired) electrons. The average Bonchev–Trinajstić information content (AvgIpc) is 2.86. The number of thioether (sulfide) groups is 1. The van der Waals surface area contributed by atoms with Gasteiger partial charge in [-0.3, -0.25) is 9.59 Å². The van der Waals surface area contributed by atoms with Crippen LogP contribution < -0.4 is 10.1 Å². The van der Waals surface area contributed by atoms with Gasteiger partial charge in [0.15, 0.2) is 0 Å². The molecule has 0 saturated carbocycles. The van der Waals surface area contributed by atoms with Gasteiger partial charge in [-0.1, -0.05) is 66.2 Å². The van der Waals surface area contributed by atoms with Crippen LogP contribution in [-0.4, -0.2) is 41.7 Å². The highest BCUT2D eigenvalue weighted by Crippen LogP contribution is 2.21. The van der Waals surface area contributed by atoms with Crippen molar-refractivity contribution in [3.05, 3.63) is 101 Å². The molecule has 0 spiro atoms. The van der Waals surface area contributed by atoms with Crippen LogP contribution in [0.2, 0.25) is 5.02 Å². The van der Waals surface area contributed by atoms with Gasteiger partial charge in [0.25, 0.3) is 0 Å². The topological polar surface area (TPSA) is 58.6 Å². The summed E-state index contributed by atoms with van der Waals surface area (Å²) in [7, 11) is 1.64. The maximum atomic E-state index is 13.6. The fraction of sp³-hybridized carbons (Fsp3) is 0.310. The number of amides is 2. The first-order valence-corrected chi connectivity index (χ1v) is 13.5. The monoisotopic (exact) mass is 524 g/mol. The Bertz CT molecular complexity index is 1120. The van der Waals surface area contributed by atoms with Crippen molar-refractivity contribution in [2.24, 2.45) is 0 Å². The second-order valence-corrected chi connectivity index (χ2v) is 10.3. The SMILES string of the molecule is COc1ccc(CSCC(=O)N(Cc2cccc(Cl)c2)C(Cc2ccccc2)C(=O)NC(C)C)cc1. The van der Waals surface area contributed by atoms with E-state index >= 15 is 0 Å². The van der Waals surface area contributed by atoms with E-state index < -0.39 is 6.04 Å². The quantitative estimate of drug-likeness (QED) is 0.328. The predicted molar refractivity (Wildman–Crippen MR) is 148 cm³/mol. The molecule has 190 valence electrons. The smallest absolute Gasteiger partial charge is 0.243 e. The van der Waals surface area contributed by atoms with Gasteiger partial charge in [0, 0.05) is 29.8 Å². The number of methoxy groups -OCH3 is 1. The summed E-state index contributed by atoms with van der Waals surface area (Å²) >= 11 is 7.76. The molecule has 2 amide bonds. The van der Waals surface area contributed by atoms with E-state index in [1.807, 2.05) is 86.6 Å². The van der Waals surface area contributed by atoms with Crippen molar-refractivity contribution in [1.82, 2.24) is 10.2 Å². The minimum atomic E-state index is -0.650. The first kappa shape index (κ1) is 27.6. The van der Waals surface area contributed by atoms with E-state index in [1.165, 1.54) is 11.8 Å². The third kappa shape index (κ3) is 8.61. The molecule has 1 unspecified atom stereocenters. The van der Waals surface area contributed by atoms with Gasteiger partial charge < -0.3 is 15.0 Å². The van der Waals surface area contributed by atoms with Gasteiger partial charge in [0.05, 0.1) is 12.9 Å². The number of hydrogen-bond donors (Lipinski definition) is 1. The van der Waals surface area contributed by atoms with Crippen molar-refractivity contribution in [2.45, 2.75) is 44.6 Å². The van der Waals surface area contributed by atoms with Gasteiger partial charge in [0.1, 0.15) is 11.8 Å². The Hall–Kier alpha value is -2.96. The lowest BCUT2D eigenvalue weighted by Crippen LogP contribution is -2.52. The minimum absolute atomic E-state index is 0.0386. The molecule has 0 aromatic heterocycles. The molecule has 0 aliphatic heterocycles. The molecule has 3 aromatic carbocycles. The molecule has 0 fully saturated rings.